The maximum Gasteiger partial charge on any atom is 0.124 e. The van der Waals surface area contributed by atoms with Crippen molar-refractivity contribution in [2.75, 3.05) is 18.5 Å². The number of anilines is 1. The van der Waals surface area contributed by atoms with E-state index in [1.54, 1.807) is 0 Å². The maximum absolute atomic E-state index is 7.66. The van der Waals surface area contributed by atoms with E-state index < -0.39 is 0 Å². The smallest absolute Gasteiger partial charge is 0.124 e. The molecule has 1 fully saturated rings. The van der Waals surface area contributed by atoms with Crippen LogP contribution in [0.3, 0.4) is 0 Å². The highest BCUT2D eigenvalue weighted by Crippen LogP contribution is 2.39. The van der Waals surface area contributed by atoms with Crippen LogP contribution < -0.4 is 10.6 Å². The summed E-state index contributed by atoms with van der Waals surface area (Å²) in [5.74, 6) is 1.81. The fraction of sp³-hybridized carbons (Fsp3) is 0.500. The molecule has 2 unspecified atom stereocenters. The van der Waals surface area contributed by atoms with Crippen molar-refractivity contribution >= 4 is 11.5 Å². The first kappa shape index (κ1) is 12.0. The summed E-state index contributed by atoms with van der Waals surface area (Å²) in [5, 5.41) is 7.66. The Kier molecular flexibility index (Phi) is 3.09. The van der Waals surface area contributed by atoms with Crippen molar-refractivity contribution in [2.45, 2.75) is 20.3 Å². The summed E-state index contributed by atoms with van der Waals surface area (Å²) in [7, 11) is 2.09. The van der Waals surface area contributed by atoms with Crippen molar-refractivity contribution in [3.05, 3.63) is 29.3 Å². The zero-order valence-electron chi connectivity index (χ0n) is 10.8. The van der Waals surface area contributed by atoms with Gasteiger partial charge in [0.1, 0.15) is 5.84 Å². The van der Waals surface area contributed by atoms with E-state index >= 15 is 0 Å². The molecule has 0 spiro atoms. The first-order valence-electron chi connectivity index (χ1n) is 6.15. The lowest BCUT2D eigenvalue weighted by Gasteiger charge is -2.22. The Labute approximate surface area is 103 Å². The van der Waals surface area contributed by atoms with Crippen molar-refractivity contribution in [1.29, 1.82) is 5.41 Å². The summed E-state index contributed by atoms with van der Waals surface area (Å²) in [6, 6.07) is 6.14. The van der Waals surface area contributed by atoms with Gasteiger partial charge in [-0.15, -0.1) is 0 Å². The van der Waals surface area contributed by atoms with Gasteiger partial charge in [-0.25, -0.2) is 0 Å². The van der Waals surface area contributed by atoms with Crippen LogP contribution in [0.5, 0.6) is 0 Å². The Bertz CT molecular complexity index is 439. The van der Waals surface area contributed by atoms with Crippen LogP contribution in [0.2, 0.25) is 0 Å². The summed E-state index contributed by atoms with van der Waals surface area (Å²) in [6.07, 6.45) is 1.33. The fourth-order valence-electron chi connectivity index (χ4n) is 2.30. The summed E-state index contributed by atoms with van der Waals surface area (Å²) in [6.45, 7) is 5.38. The Morgan fingerprint density at radius 1 is 1.53 bits per heavy atom. The predicted molar refractivity (Wildman–Crippen MR) is 72.7 cm³/mol. The molecule has 0 amide bonds. The van der Waals surface area contributed by atoms with E-state index in [1.807, 2.05) is 13.0 Å². The number of amidine groups is 1. The van der Waals surface area contributed by atoms with Gasteiger partial charge in [-0.05, 0) is 37.3 Å². The third kappa shape index (κ3) is 2.60. The molecule has 3 heteroatoms. The van der Waals surface area contributed by atoms with Gasteiger partial charge >= 0.3 is 0 Å². The third-order valence-electron chi connectivity index (χ3n) is 3.64. The van der Waals surface area contributed by atoms with Gasteiger partial charge in [-0.1, -0.05) is 18.6 Å². The Morgan fingerprint density at radius 3 is 2.71 bits per heavy atom. The molecule has 2 atom stereocenters. The first-order chi connectivity index (χ1) is 7.99. The van der Waals surface area contributed by atoms with Crippen LogP contribution in [0.25, 0.3) is 0 Å². The number of benzene rings is 1. The molecule has 0 aliphatic heterocycles. The van der Waals surface area contributed by atoms with Gasteiger partial charge in [-0.3, -0.25) is 5.41 Å². The van der Waals surface area contributed by atoms with Crippen LogP contribution >= 0.6 is 0 Å². The van der Waals surface area contributed by atoms with Crippen LogP contribution in [0.1, 0.15) is 24.5 Å². The highest BCUT2D eigenvalue weighted by Gasteiger charge is 2.33. The van der Waals surface area contributed by atoms with Gasteiger partial charge in [0.05, 0.1) is 0 Å². The molecule has 1 aromatic rings. The van der Waals surface area contributed by atoms with E-state index in [9.17, 15) is 0 Å². The molecule has 0 radical (unpaired) electrons. The van der Waals surface area contributed by atoms with Crippen molar-refractivity contribution in [1.82, 2.24) is 0 Å². The number of rotatable bonds is 4. The van der Waals surface area contributed by atoms with E-state index in [0.717, 1.165) is 35.2 Å². The second-order valence-corrected chi connectivity index (χ2v) is 5.29. The fourth-order valence-corrected chi connectivity index (χ4v) is 2.30. The molecule has 3 N–H and O–H groups in total. The van der Waals surface area contributed by atoms with E-state index in [1.165, 1.54) is 6.42 Å². The van der Waals surface area contributed by atoms with Crippen molar-refractivity contribution in [3.8, 4) is 0 Å². The minimum atomic E-state index is 0.152. The van der Waals surface area contributed by atoms with Crippen LogP contribution in [-0.2, 0) is 0 Å². The van der Waals surface area contributed by atoms with Crippen molar-refractivity contribution in [3.63, 3.8) is 0 Å². The molecule has 3 nitrogen and oxygen atoms in total. The van der Waals surface area contributed by atoms with Gasteiger partial charge in [0.25, 0.3) is 0 Å². The second-order valence-electron chi connectivity index (χ2n) is 5.29. The topological polar surface area (TPSA) is 53.1 Å². The molecule has 1 aliphatic carbocycles. The van der Waals surface area contributed by atoms with Gasteiger partial charge in [0.15, 0.2) is 0 Å². The third-order valence-corrected chi connectivity index (χ3v) is 3.64. The van der Waals surface area contributed by atoms with E-state index in [4.69, 9.17) is 11.1 Å². The lowest BCUT2D eigenvalue weighted by molar-refractivity contribution is 0.725. The number of nitrogen functional groups attached to an aromatic ring is 1. The maximum atomic E-state index is 7.66. The number of aryl methyl sites for hydroxylation is 1. The molecular weight excluding hydrogens is 210 g/mol. The van der Waals surface area contributed by atoms with Gasteiger partial charge in [0.2, 0.25) is 0 Å². The SMILES string of the molecule is Cc1ccc(N(C)CC2CC2C)c(C(=N)N)c1. The zero-order chi connectivity index (χ0) is 12.6. The quantitative estimate of drug-likeness (QED) is 0.617. The van der Waals surface area contributed by atoms with Crippen molar-refractivity contribution in [2.24, 2.45) is 17.6 Å². The number of nitrogens with two attached hydrogens (primary N) is 1. The molecule has 0 aromatic heterocycles. The lowest BCUT2D eigenvalue weighted by atomic mass is 10.1. The molecular formula is C14H21N3. The minimum Gasteiger partial charge on any atom is -0.384 e. The average molecular weight is 231 g/mol. The van der Waals surface area contributed by atoms with Crippen LogP contribution in [0, 0.1) is 24.2 Å². The molecule has 1 saturated carbocycles. The first-order valence-corrected chi connectivity index (χ1v) is 6.15. The summed E-state index contributed by atoms with van der Waals surface area (Å²) >= 11 is 0. The van der Waals surface area contributed by atoms with Crippen molar-refractivity contribution < 1.29 is 0 Å². The predicted octanol–water partition coefficient (Wildman–Crippen LogP) is 2.37. The van der Waals surface area contributed by atoms with Crippen LogP contribution in [-0.4, -0.2) is 19.4 Å². The van der Waals surface area contributed by atoms with E-state index in [2.05, 4.69) is 31.0 Å². The monoisotopic (exact) mass is 231 g/mol. The summed E-state index contributed by atoms with van der Waals surface area (Å²) in [4.78, 5) is 2.23. The summed E-state index contributed by atoms with van der Waals surface area (Å²) < 4.78 is 0. The second kappa shape index (κ2) is 4.40. The van der Waals surface area contributed by atoms with Gasteiger partial charge in [0, 0.05) is 24.8 Å². The van der Waals surface area contributed by atoms with Gasteiger partial charge in [-0.2, -0.15) is 0 Å². The normalized spacial score (nSPS) is 22.3. The Balaban J connectivity index is 2.21. The highest BCUT2D eigenvalue weighted by atomic mass is 15.1. The van der Waals surface area contributed by atoms with Gasteiger partial charge < -0.3 is 10.6 Å². The molecule has 0 saturated heterocycles. The van der Waals surface area contributed by atoms with E-state index in [-0.39, 0.29) is 5.84 Å². The Morgan fingerprint density at radius 2 is 2.18 bits per heavy atom. The average Bonchev–Trinajstić information content (AvgIpc) is 2.93. The highest BCUT2D eigenvalue weighted by molar-refractivity contribution is 6.00. The molecule has 2 rings (SSSR count). The summed E-state index contributed by atoms with van der Waals surface area (Å²) in [5.41, 5.74) is 8.72. The molecule has 0 heterocycles. The Hall–Kier alpha value is -1.51. The lowest BCUT2D eigenvalue weighted by Crippen LogP contribution is -2.24. The molecule has 92 valence electrons. The van der Waals surface area contributed by atoms with Crippen LogP contribution in [0.15, 0.2) is 18.2 Å². The zero-order valence-corrected chi connectivity index (χ0v) is 10.8. The largest absolute Gasteiger partial charge is 0.384 e. The number of nitrogens with zero attached hydrogens (tertiary/aromatic N) is 1. The molecule has 17 heavy (non-hydrogen) atoms. The standard InChI is InChI=1S/C14H21N3/c1-9-4-5-13(12(6-9)14(15)16)17(3)8-11-7-10(11)2/h4-6,10-11H,7-8H2,1-3H3,(H3,15,16). The number of nitrogens with one attached hydrogen (secondary N) is 1. The molecule has 1 aliphatic rings. The van der Waals surface area contributed by atoms with E-state index in [0.29, 0.717) is 0 Å². The number of hydrogen-bond donors (Lipinski definition) is 2. The minimum absolute atomic E-state index is 0.152. The van der Waals surface area contributed by atoms with Crippen LogP contribution in [0.4, 0.5) is 5.69 Å². The number of hydrogen-bond acceptors (Lipinski definition) is 2. The molecule has 0 bridgehead atoms. The molecule has 1 aromatic carbocycles.